The molecule has 0 bridgehead atoms. The predicted octanol–water partition coefficient (Wildman–Crippen LogP) is 4.43. The third-order valence-corrected chi connectivity index (χ3v) is 12.6. The normalized spacial score (nSPS) is 38.0. The lowest BCUT2D eigenvalue weighted by atomic mass is 10.2. The molecule has 1 heterocycles. The third-order valence-electron chi connectivity index (χ3n) is 1.56. The van der Waals surface area contributed by atoms with Crippen LogP contribution < -0.4 is 0 Å². The van der Waals surface area contributed by atoms with Gasteiger partial charge in [0.2, 0.25) is 0 Å². The Morgan fingerprint density at radius 2 is 2.20 bits per heavy atom. The van der Waals surface area contributed by atoms with Crippen molar-refractivity contribution in [1.29, 1.82) is 0 Å². The molecule has 0 aromatic carbocycles. The maximum Gasteiger partial charge on any atom is 0.116 e. The van der Waals surface area contributed by atoms with E-state index in [1.54, 1.807) is 0 Å². The molecule has 2 unspecified atom stereocenters. The first-order valence-corrected chi connectivity index (χ1v) is 8.16. The van der Waals surface area contributed by atoms with Crippen LogP contribution in [0, 0.1) is 5.92 Å². The van der Waals surface area contributed by atoms with Gasteiger partial charge in [-0.3, -0.25) is 0 Å². The molecule has 0 aromatic rings. The van der Waals surface area contributed by atoms with Crippen LogP contribution in [0.3, 0.4) is 0 Å². The number of halogens is 3. The zero-order valence-electron chi connectivity index (χ0n) is 5.52. The second kappa shape index (κ2) is 3.55. The lowest BCUT2D eigenvalue weighted by Crippen LogP contribution is -2.19. The van der Waals surface area contributed by atoms with E-state index in [-0.39, 0.29) is 9.60 Å². The van der Waals surface area contributed by atoms with Crippen molar-refractivity contribution in [3.8, 4) is 0 Å². The van der Waals surface area contributed by atoms with Crippen LogP contribution in [0.25, 0.3) is 0 Å². The van der Waals surface area contributed by atoms with Gasteiger partial charge >= 0.3 is 0 Å². The Hall–Kier alpha value is 1.61. The summed E-state index contributed by atoms with van der Waals surface area (Å²) in [6, 6.07) is 0. The largest absolute Gasteiger partial charge is 0.116 e. The van der Waals surface area contributed by atoms with E-state index in [1.165, 1.54) is 0 Å². The van der Waals surface area contributed by atoms with Gasteiger partial charge in [-0.1, -0.05) is 66.4 Å². The monoisotopic (exact) mass is 348 g/mol. The molecule has 0 saturated carbocycles. The van der Waals surface area contributed by atoms with Gasteiger partial charge in [0.1, 0.15) is 2.97 Å². The summed E-state index contributed by atoms with van der Waals surface area (Å²) in [6.07, 6.45) is 5.63. The first-order valence-electron chi connectivity index (χ1n) is 3.03. The Labute approximate surface area is 87.6 Å². The molecule has 0 nitrogen and oxygen atoms in total. The molecule has 2 atom stereocenters. The highest BCUT2D eigenvalue weighted by atomic mass is 79.9. The van der Waals surface area contributed by atoms with Gasteiger partial charge < -0.3 is 0 Å². The van der Waals surface area contributed by atoms with E-state index >= 15 is 0 Å². The van der Waals surface area contributed by atoms with Crippen LogP contribution >= 0.6 is 54.0 Å². The fraction of sp³-hybridized carbons (Fsp3) is 0.667. The van der Waals surface area contributed by atoms with E-state index in [0.717, 1.165) is 6.16 Å². The van der Waals surface area contributed by atoms with Crippen LogP contribution in [0.5, 0.6) is 0 Å². The molecule has 0 aliphatic carbocycles. The maximum absolute atomic E-state index is 3.67. The van der Waals surface area contributed by atoms with Crippen molar-refractivity contribution in [2.75, 3.05) is 6.16 Å². The van der Waals surface area contributed by atoms with Gasteiger partial charge in [-0.05, 0) is 12.8 Å². The van der Waals surface area contributed by atoms with Crippen LogP contribution in [0.4, 0.5) is 0 Å². The van der Waals surface area contributed by atoms with Gasteiger partial charge in [-0.2, -0.15) is 0 Å². The van der Waals surface area contributed by atoms with Gasteiger partial charge in [-0.15, -0.1) is 0 Å². The lowest BCUT2D eigenvalue weighted by Gasteiger charge is -2.33. The highest BCUT2D eigenvalue weighted by Crippen LogP contribution is 2.68. The first-order chi connectivity index (χ1) is 4.55. The second-order valence-corrected chi connectivity index (χ2v) is 11.5. The minimum Gasteiger partial charge on any atom is -0.0830 e. The first kappa shape index (κ1) is 9.70. The molecule has 10 heavy (non-hydrogen) atoms. The summed E-state index contributed by atoms with van der Waals surface area (Å²) in [7, 11) is 0. The lowest BCUT2D eigenvalue weighted by molar-refractivity contribution is 0.781. The van der Waals surface area contributed by atoms with Crippen LogP contribution in [-0.2, 0) is 0 Å². The van der Waals surface area contributed by atoms with E-state index in [2.05, 4.69) is 66.4 Å². The predicted molar refractivity (Wildman–Crippen MR) is 59.6 cm³/mol. The summed E-state index contributed by atoms with van der Waals surface area (Å²) in [5.74, 6) is 0.562. The fourth-order valence-corrected chi connectivity index (χ4v) is 4.54. The zero-order chi connectivity index (χ0) is 7.78. The van der Waals surface area contributed by atoms with Gasteiger partial charge in [0.05, 0.1) is 0 Å². The van der Waals surface area contributed by atoms with E-state index in [9.17, 15) is 0 Å². The standard InChI is InChI=1S/C6H8Br3P/c1-5-3-2-4-10(9)6(5,7)8/h2-3,5H,4H2,1H3. The molecule has 0 saturated heterocycles. The molecule has 1 rings (SSSR count). The second-order valence-electron chi connectivity index (χ2n) is 2.35. The van der Waals surface area contributed by atoms with Crippen LogP contribution in [0.2, 0.25) is 0 Å². The minimum atomic E-state index is -0.115. The van der Waals surface area contributed by atoms with E-state index in [4.69, 9.17) is 0 Å². The van der Waals surface area contributed by atoms with Gasteiger partial charge in [0.25, 0.3) is 0 Å². The molecule has 0 fully saturated rings. The quantitative estimate of drug-likeness (QED) is 0.344. The number of hydrogen-bond acceptors (Lipinski definition) is 0. The topological polar surface area (TPSA) is 0 Å². The Kier molecular flexibility index (Phi) is 3.44. The molecule has 58 valence electrons. The van der Waals surface area contributed by atoms with Crippen molar-refractivity contribution in [2.24, 2.45) is 5.92 Å². The Balaban J connectivity index is 2.78. The highest BCUT2D eigenvalue weighted by molar-refractivity contribution is 9.44. The summed E-state index contributed by atoms with van der Waals surface area (Å²) in [5, 5.41) is 0. The average molecular weight is 351 g/mol. The Bertz CT molecular complexity index is 155. The minimum absolute atomic E-state index is 0.115. The van der Waals surface area contributed by atoms with Crippen molar-refractivity contribution >= 4 is 54.0 Å². The number of rotatable bonds is 0. The van der Waals surface area contributed by atoms with E-state index < -0.39 is 0 Å². The molecule has 0 spiro atoms. The van der Waals surface area contributed by atoms with Crippen molar-refractivity contribution in [3.63, 3.8) is 0 Å². The third kappa shape index (κ3) is 1.85. The summed E-state index contributed by atoms with van der Waals surface area (Å²) in [5.41, 5.74) is 0. The molecular formula is C6H8Br3P. The molecule has 1 aliphatic heterocycles. The van der Waals surface area contributed by atoms with Crippen molar-refractivity contribution < 1.29 is 0 Å². The Morgan fingerprint density at radius 3 is 2.60 bits per heavy atom. The maximum atomic E-state index is 3.67. The highest BCUT2D eigenvalue weighted by Gasteiger charge is 2.37. The van der Waals surface area contributed by atoms with Crippen molar-refractivity contribution in [1.82, 2.24) is 0 Å². The zero-order valence-corrected chi connectivity index (χ0v) is 11.2. The molecule has 0 radical (unpaired) electrons. The average Bonchev–Trinajstić information content (AvgIpc) is 1.84. The molecule has 4 heteroatoms. The van der Waals surface area contributed by atoms with Gasteiger partial charge in [0.15, 0.2) is 0 Å². The number of allylic oxidation sites excluding steroid dienone is 2. The van der Waals surface area contributed by atoms with Crippen molar-refractivity contribution in [3.05, 3.63) is 12.2 Å². The van der Waals surface area contributed by atoms with Crippen LogP contribution in [-0.4, -0.2) is 9.14 Å². The molecular weight excluding hydrogens is 343 g/mol. The summed E-state index contributed by atoms with van der Waals surface area (Å²) >= 11 is 11.0. The Morgan fingerprint density at radius 1 is 1.60 bits per heavy atom. The fourth-order valence-electron chi connectivity index (χ4n) is 0.816. The van der Waals surface area contributed by atoms with Crippen molar-refractivity contribution in [2.45, 2.75) is 9.90 Å². The van der Waals surface area contributed by atoms with Crippen LogP contribution in [0.1, 0.15) is 6.92 Å². The summed E-state index contributed by atoms with van der Waals surface area (Å²) in [6.45, 7) is 2.09. The molecule has 0 aromatic heterocycles. The molecule has 0 amide bonds. The number of hydrogen-bond donors (Lipinski definition) is 0. The molecule has 0 N–H and O–H groups in total. The molecule has 1 aliphatic rings. The van der Waals surface area contributed by atoms with Gasteiger partial charge in [0, 0.05) is 5.92 Å². The van der Waals surface area contributed by atoms with E-state index in [1.807, 2.05) is 0 Å². The van der Waals surface area contributed by atoms with E-state index in [0.29, 0.717) is 5.92 Å². The SMILES string of the molecule is CC1C=CCP(Br)C1(Br)Br. The number of alkyl halides is 2. The van der Waals surface area contributed by atoms with Crippen LogP contribution in [0.15, 0.2) is 12.2 Å². The smallest absolute Gasteiger partial charge is 0.0830 e. The van der Waals surface area contributed by atoms with Gasteiger partial charge in [-0.25, -0.2) is 0 Å². The summed E-state index contributed by atoms with van der Waals surface area (Å²) in [4.78, 5) is 0. The summed E-state index contributed by atoms with van der Waals surface area (Å²) < 4.78 is 0.115.